The molecule has 6 nitrogen and oxygen atoms in total. The van der Waals surface area contributed by atoms with E-state index in [1.165, 1.54) is 0 Å². The second-order valence-corrected chi connectivity index (χ2v) is 4.12. The monoisotopic (exact) mass is 245 g/mol. The van der Waals surface area contributed by atoms with Gasteiger partial charge in [0.1, 0.15) is 0 Å². The molecule has 6 heteroatoms. The van der Waals surface area contributed by atoms with E-state index in [4.69, 9.17) is 14.2 Å². The quantitative estimate of drug-likeness (QED) is 0.726. The van der Waals surface area contributed by atoms with Crippen LogP contribution in [0.25, 0.3) is 0 Å². The average molecular weight is 245 g/mol. The zero-order chi connectivity index (χ0) is 13.0. The lowest BCUT2D eigenvalue weighted by atomic mass is 10.0. The summed E-state index contributed by atoms with van der Waals surface area (Å²) in [6.07, 6.45) is -1.92. The molecule has 1 amide bonds. The first-order chi connectivity index (χ1) is 7.95. The topological polar surface area (TPSA) is 73.9 Å². The Morgan fingerprint density at radius 3 is 2.71 bits per heavy atom. The summed E-state index contributed by atoms with van der Waals surface area (Å²) >= 11 is 0. The van der Waals surface area contributed by atoms with Crippen LogP contribution in [0.1, 0.15) is 27.7 Å². The SMILES string of the molecule is CCOC(=O)[C@@H]1O[C@H](OC(C)C)NC(=O)[C@@H]1C. The van der Waals surface area contributed by atoms with E-state index in [-0.39, 0.29) is 18.6 Å². The highest BCUT2D eigenvalue weighted by Crippen LogP contribution is 2.18. The van der Waals surface area contributed by atoms with Crippen LogP contribution in [0.15, 0.2) is 0 Å². The van der Waals surface area contributed by atoms with E-state index in [1.807, 2.05) is 13.8 Å². The number of esters is 1. The van der Waals surface area contributed by atoms with Gasteiger partial charge in [-0.1, -0.05) is 6.92 Å². The molecule has 0 spiro atoms. The van der Waals surface area contributed by atoms with Crippen LogP contribution in [-0.4, -0.2) is 37.1 Å². The predicted molar refractivity (Wildman–Crippen MR) is 58.8 cm³/mol. The van der Waals surface area contributed by atoms with Crippen molar-refractivity contribution in [3.05, 3.63) is 0 Å². The molecular weight excluding hydrogens is 226 g/mol. The molecule has 98 valence electrons. The van der Waals surface area contributed by atoms with Crippen molar-refractivity contribution in [3.63, 3.8) is 0 Å². The molecule has 0 aromatic carbocycles. The fraction of sp³-hybridized carbons (Fsp3) is 0.818. The van der Waals surface area contributed by atoms with Crippen molar-refractivity contribution in [2.24, 2.45) is 5.92 Å². The molecule has 1 aliphatic rings. The van der Waals surface area contributed by atoms with Crippen molar-refractivity contribution < 1.29 is 23.8 Å². The molecule has 17 heavy (non-hydrogen) atoms. The van der Waals surface area contributed by atoms with Gasteiger partial charge in [0.15, 0.2) is 6.10 Å². The largest absolute Gasteiger partial charge is 0.464 e. The van der Waals surface area contributed by atoms with Gasteiger partial charge in [0.25, 0.3) is 0 Å². The van der Waals surface area contributed by atoms with Gasteiger partial charge in [-0.2, -0.15) is 0 Å². The van der Waals surface area contributed by atoms with Crippen LogP contribution in [0.3, 0.4) is 0 Å². The predicted octanol–water partition coefficient (Wildman–Crippen LogP) is 0.409. The molecule has 1 saturated heterocycles. The molecule has 0 aliphatic carbocycles. The lowest BCUT2D eigenvalue weighted by Crippen LogP contribution is -2.56. The Labute approximate surface area is 101 Å². The second-order valence-electron chi connectivity index (χ2n) is 4.12. The van der Waals surface area contributed by atoms with Gasteiger partial charge in [-0.15, -0.1) is 0 Å². The van der Waals surface area contributed by atoms with Gasteiger partial charge in [-0.25, -0.2) is 4.79 Å². The van der Waals surface area contributed by atoms with E-state index in [1.54, 1.807) is 13.8 Å². The minimum Gasteiger partial charge on any atom is -0.464 e. The van der Waals surface area contributed by atoms with Crippen LogP contribution in [0, 0.1) is 5.92 Å². The van der Waals surface area contributed by atoms with Crippen molar-refractivity contribution in [2.45, 2.75) is 46.3 Å². The molecule has 0 aromatic rings. The first kappa shape index (κ1) is 13.9. The van der Waals surface area contributed by atoms with Gasteiger partial charge in [0.2, 0.25) is 12.3 Å². The van der Waals surface area contributed by atoms with Gasteiger partial charge in [-0.3, -0.25) is 4.79 Å². The molecule has 1 N–H and O–H groups in total. The van der Waals surface area contributed by atoms with E-state index < -0.39 is 24.4 Å². The number of nitrogens with one attached hydrogen (secondary N) is 1. The molecule has 0 radical (unpaired) electrons. The summed E-state index contributed by atoms with van der Waals surface area (Å²) in [4.78, 5) is 23.2. The van der Waals surface area contributed by atoms with Crippen molar-refractivity contribution in [3.8, 4) is 0 Å². The van der Waals surface area contributed by atoms with Crippen molar-refractivity contribution in [1.82, 2.24) is 5.32 Å². The van der Waals surface area contributed by atoms with Crippen LogP contribution in [0.4, 0.5) is 0 Å². The molecule has 1 heterocycles. The maximum atomic E-state index is 11.6. The fourth-order valence-corrected chi connectivity index (χ4v) is 1.47. The molecule has 0 bridgehead atoms. The first-order valence-electron chi connectivity index (χ1n) is 5.73. The Bertz CT molecular complexity index is 292. The van der Waals surface area contributed by atoms with Crippen LogP contribution >= 0.6 is 0 Å². The smallest absolute Gasteiger partial charge is 0.336 e. The molecule has 0 aromatic heterocycles. The summed E-state index contributed by atoms with van der Waals surface area (Å²) in [5, 5.41) is 2.53. The zero-order valence-corrected chi connectivity index (χ0v) is 10.6. The number of rotatable bonds is 4. The summed E-state index contributed by atoms with van der Waals surface area (Å²) in [5.74, 6) is -1.40. The zero-order valence-electron chi connectivity index (χ0n) is 10.6. The molecule has 3 atom stereocenters. The maximum absolute atomic E-state index is 11.6. The lowest BCUT2D eigenvalue weighted by molar-refractivity contribution is -0.236. The Balaban J connectivity index is 2.67. The highest BCUT2D eigenvalue weighted by atomic mass is 16.7. The van der Waals surface area contributed by atoms with Gasteiger partial charge < -0.3 is 19.5 Å². The van der Waals surface area contributed by atoms with Gasteiger partial charge >= 0.3 is 5.97 Å². The Morgan fingerprint density at radius 2 is 2.18 bits per heavy atom. The molecule has 1 aliphatic heterocycles. The van der Waals surface area contributed by atoms with Crippen molar-refractivity contribution in [2.75, 3.05) is 6.61 Å². The third kappa shape index (κ3) is 3.67. The third-order valence-corrected chi connectivity index (χ3v) is 2.31. The summed E-state index contributed by atoms with van der Waals surface area (Å²) in [6, 6.07) is 0. The molecule has 0 unspecified atom stereocenters. The Morgan fingerprint density at radius 1 is 1.53 bits per heavy atom. The third-order valence-electron chi connectivity index (χ3n) is 2.31. The van der Waals surface area contributed by atoms with Crippen molar-refractivity contribution in [1.29, 1.82) is 0 Å². The average Bonchev–Trinajstić information content (AvgIpc) is 2.22. The maximum Gasteiger partial charge on any atom is 0.336 e. The number of ether oxygens (including phenoxy) is 3. The van der Waals surface area contributed by atoms with Gasteiger partial charge in [0.05, 0.1) is 18.6 Å². The van der Waals surface area contributed by atoms with E-state index in [9.17, 15) is 9.59 Å². The summed E-state index contributed by atoms with van der Waals surface area (Å²) < 4.78 is 15.5. The first-order valence-corrected chi connectivity index (χ1v) is 5.73. The molecular formula is C11H19NO5. The van der Waals surface area contributed by atoms with Gasteiger partial charge in [-0.05, 0) is 20.8 Å². The van der Waals surface area contributed by atoms with Gasteiger partial charge in [0, 0.05) is 0 Å². The Kier molecular flexibility index (Phi) is 4.89. The highest BCUT2D eigenvalue weighted by Gasteiger charge is 2.40. The van der Waals surface area contributed by atoms with E-state index in [0.29, 0.717) is 0 Å². The van der Waals surface area contributed by atoms with E-state index >= 15 is 0 Å². The molecule has 1 fully saturated rings. The van der Waals surface area contributed by atoms with E-state index in [2.05, 4.69) is 5.32 Å². The number of carbonyl (C=O) groups excluding carboxylic acids is 2. The second kappa shape index (κ2) is 5.97. The summed E-state index contributed by atoms with van der Waals surface area (Å²) in [6.45, 7) is 7.19. The van der Waals surface area contributed by atoms with Crippen LogP contribution in [0.2, 0.25) is 0 Å². The molecule has 1 rings (SSSR count). The number of hydrogen-bond donors (Lipinski definition) is 1. The number of hydrogen-bond acceptors (Lipinski definition) is 5. The number of amides is 1. The number of carbonyl (C=O) groups is 2. The molecule has 0 saturated carbocycles. The van der Waals surface area contributed by atoms with Crippen molar-refractivity contribution >= 4 is 11.9 Å². The van der Waals surface area contributed by atoms with Crippen LogP contribution < -0.4 is 5.32 Å². The standard InChI is InChI=1S/C11H19NO5/c1-5-15-10(14)8-7(4)9(13)12-11(17-8)16-6(2)3/h6-8,11H,5H2,1-4H3,(H,12,13)/t7-,8-,11+/m1/s1. The van der Waals surface area contributed by atoms with Crippen LogP contribution in [-0.2, 0) is 23.8 Å². The Hall–Kier alpha value is -1.14. The van der Waals surface area contributed by atoms with Crippen LogP contribution in [0.5, 0.6) is 0 Å². The van der Waals surface area contributed by atoms with E-state index in [0.717, 1.165) is 0 Å². The normalized spacial score (nSPS) is 29.0. The minimum atomic E-state index is -0.910. The summed E-state index contributed by atoms with van der Waals surface area (Å²) in [7, 11) is 0. The minimum absolute atomic E-state index is 0.114. The summed E-state index contributed by atoms with van der Waals surface area (Å²) in [5.41, 5.74) is 0. The fourth-order valence-electron chi connectivity index (χ4n) is 1.47. The lowest BCUT2D eigenvalue weighted by Gasteiger charge is -2.33. The highest BCUT2D eigenvalue weighted by molar-refractivity contribution is 5.87.